The Labute approximate surface area is 220 Å². The number of amides is 1. The number of hydrogen-bond donors (Lipinski definition) is 2. The van der Waals surface area contributed by atoms with Crippen molar-refractivity contribution in [2.75, 3.05) is 18.5 Å². The summed E-state index contributed by atoms with van der Waals surface area (Å²) in [6.07, 6.45) is 6.49. The number of carbonyl (C=O) groups is 1. The summed E-state index contributed by atoms with van der Waals surface area (Å²) in [7, 11) is 0. The number of nitrogens with two attached hydrogens (primary N) is 1. The molecule has 4 rings (SSSR count). The fraction of sp³-hybridized carbons (Fsp3) is 0.207. The molecule has 1 amide bonds. The van der Waals surface area contributed by atoms with Crippen molar-refractivity contribution in [1.82, 2.24) is 14.6 Å². The maximum Gasteiger partial charge on any atom is 0.280 e. The van der Waals surface area contributed by atoms with Crippen LogP contribution >= 0.6 is 11.6 Å². The van der Waals surface area contributed by atoms with Gasteiger partial charge in [-0.25, -0.2) is 9.66 Å². The summed E-state index contributed by atoms with van der Waals surface area (Å²) >= 11 is 6.23. The Bertz CT molecular complexity index is 1490. The third-order valence-electron chi connectivity index (χ3n) is 6.02. The summed E-state index contributed by atoms with van der Waals surface area (Å²) < 4.78 is 1.37. The van der Waals surface area contributed by atoms with Gasteiger partial charge in [0, 0.05) is 23.6 Å². The van der Waals surface area contributed by atoms with E-state index < -0.39 is 6.04 Å². The number of carbonyl (C=O) groups excluding carboxylic acids is 1. The molecule has 1 heterocycles. The average molecular weight is 514 g/mol. The van der Waals surface area contributed by atoms with Crippen molar-refractivity contribution in [3.63, 3.8) is 0 Å². The van der Waals surface area contributed by atoms with Crippen LogP contribution in [0, 0.1) is 19.3 Å². The van der Waals surface area contributed by atoms with Crippen molar-refractivity contribution >= 4 is 34.1 Å². The fourth-order valence-corrected chi connectivity index (χ4v) is 4.29. The molecular formula is C29H28ClN5O2. The summed E-state index contributed by atoms with van der Waals surface area (Å²) in [6.45, 7) is 2.68. The van der Waals surface area contributed by atoms with Crippen LogP contribution in [-0.4, -0.2) is 33.6 Å². The number of anilines is 1. The van der Waals surface area contributed by atoms with Gasteiger partial charge in [0.1, 0.15) is 6.04 Å². The van der Waals surface area contributed by atoms with Gasteiger partial charge in [-0.3, -0.25) is 15.0 Å². The van der Waals surface area contributed by atoms with Gasteiger partial charge in [-0.05, 0) is 62.4 Å². The van der Waals surface area contributed by atoms with Crippen LogP contribution in [0.25, 0.3) is 10.9 Å². The Kier molecular flexibility index (Phi) is 8.24. The number of terminal acetylenes is 1. The first-order chi connectivity index (χ1) is 17.9. The van der Waals surface area contributed by atoms with Crippen molar-refractivity contribution < 1.29 is 4.79 Å². The van der Waals surface area contributed by atoms with Gasteiger partial charge < -0.3 is 10.6 Å². The van der Waals surface area contributed by atoms with E-state index in [9.17, 15) is 9.59 Å². The summed E-state index contributed by atoms with van der Waals surface area (Å²) in [5.41, 5.74) is 11.3. The zero-order valence-corrected chi connectivity index (χ0v) is 21.3. The number of halogens is 1. The molecule has 0 fully saturated rings. The Balaban J connectivity index is 1.92. The maximum absolute atomic E-state index is 13.8. The Hall–Kier alpha value is -4.12. The highest BCUT2D eigenvalue weighted by molar-refractivity contribution is 6.31. The van der Waals surface area contributed by atoms with Gasteiger partial charge in [-0.2, -0.15) is 0 Å². The van der Waals surface area contributed by atoms with Crippen LogP contribution in [0.15, 0.2) is 77.6 Å². The van der Waals surface area contributed by atoms with Gasteiger partial charge in [-0.15, -0.1) is 12.3 Å². The van der Waals surface area contributed by atoms with Gasteiger partial charge in [0.15, 0.2) is 5.82 Å². The van der Waals surface area contributed by atoms with Crippen LogP contribution in [0.2, 0.25) is 5.02 Å². The molecule has 0 bridgehead atoms. The molecule has 8 heteroatoms. The molecule has 7 nitrogen and oxygen atoms in total. The van der Waals surface area contributed by atoms with E-state index in [4.69, 9.17) is 28.7 Å². The van der Waals surface area contributed by atoms with E-state index in [1.54, 1.807) is 35.2 Å². The van der Waals surface area contributed by atoms with Crippen molar-refractivity contribution in [2.24, 2.45) is 5.73 Å². The van der Waals surface area contributed by atoms with Crippen molar-refractivity contribution in [3.8, 4) is 12.3 Å². The number of fused-ring (bicyclic) bond motifs is 1. The first-order valence-electron chi connectivity index (χ1n) is 12.0. The fourth-order valence-electron chi connectivity index (χ4n) is 4.12. The number of nitrogens with zero attached hydrogens (tertiary/aromatic N) is 3. The SMILES string of the molecule is C#CCC(c1nc2cc(Cl)ccc2c(=O)n1Nc1ccccc1)N(CCCN)C(=O)c1ccc(C)cc1. The molecule has 3 aromatic carbocycles. The lowest BCUT2D eigenvalue weighted by Crippen LogP contribution is -2.41. The van der Waals surface area contributed by atoms with E-state index >= 15 is 0 Å². The maximum atomic E-state index is 13.8. The quantitative estimate of drug-likeness (QED) is 0.314. The topological polar surface area (TPSA) is 93.2 Å². The number of nitrogens with one attached hydrogen (secondary N) is 1. The highest BCUT2D eigenvalue weighted by atomic mass is 35.5. The zero-order chi connectivity index (χ0) is 26.4. The van der Waals surface area contributed by atoms with E-state index in [1.165, 1.54) is 4.68 Å². The highest BCUT2D eigenvalue weighted by Gasteiger charge is 2.30. The van der Waals surface area contributed by atoms with Crippen LogP contribution in [0.5, 0.6) is 0 Å². The lowest BCUT2D eigenvalue weighted by atomic mass is 10.1. The number of para-hydroxylation sites is 1. The van der Waals surface area contributed by atoms with Gasteiger partial charge in [0.05, 0.1) is 16.6 Å². The second kappa shape index (κ2) is 11.7. The summed E-state index contributed by atoms with van der Waals surface area (Å²) in [5.74, 6) is 2.76. The molecule has 37 heavy (non-hydrogen) atoms. The van der Waals surface area contributed by atoms with Gasteiger partial charge >= 0.3 is 0 Å². The second-order valence-electron chi connectivity index (χ2n) is 8.68. The molecule has 188 valence electrons. The smallest absolute Gasteiger partial charge is 0.280 e. The van der Waals surface area contributed by atoms with E-state index in [0.29, 0.717) is 52.5 Å². The number of aromatic nitrogens is 2. The number of benzene rings is 3. The minimum atomic E-state index is -0.711. The molecule has 1 aromatic heterocycles. The number of aryl methyl sites for hydroxylation is 1. The van der Waals surface area contributed by atoms with Crippen LogP contribution in [-0.2, 0) is 0 Å². The first kappa shape index (κ1) is 26.0. The molecule has 0 radical (unpaired) electrons. The predicted octanol–water partition coefficient (Wildman–Crippen LogP) is 4.79. The molecule has 3 N–H and O–H groups in total. The minimum Gasteiger partial charge on any atom is -0.330 e. The summed E-state index contributed by atoms with van der Waals surface area (Å²) in [5, 5.41) is 0.831. The summed E-state index contributed by atoms with van der Waals surface area (Å²) in [6, 6.07) is 20.8. The molecule has 4 aromatic rings. The van der Waals surface area contributed by atoms with E-state index in [0.717, 1.165) is 5.56 Å². The van der Waals surface area contributed by atoms with Crippen LogP contribution in [0.4, 0.5) is 5.69 Å². The molecule has 0 saturated carbocycles. The average Bonchev–Trinajstić information content (AvgIpc) is 2.90. The van der Waals surface area contributed by atoms with Crippen LogP contribution in [0.3, 0.4) is 0 Å². The molecule has 1 unspecified atom stereocenters. The van der Waals surface area contributed by atoms with Crippen molar-refractivity contribution in [2.45, 2.75) is 25.8 Å². The summed E-state index contributed by atoms with van der Waals surface area (Å²) in [4.78, 5) is 34.0. The Morgan fingerprint density at radius 2 is 1.89 bits per heavy atom. The van der Waals surface area contributed by atoms with E-state index in [2.05, 4.69) is 11.3 Å². The molecule has 0 aliphatic carbocycles. The third-order valence-corrected chi connectivity index (χ3v) is 6.26. The normalized spacial score (nSPS) is 11.6. The van der Waals surface area contributed by atoms with Crippen molar-refractivity contribution in [1.29, 1.82) is 0 Å². The van der Waals surface area contributed by atoms with E-state index in [-0.39, 0.29) is 17.9 Å². The molecule has 0 spiro atoms. The molecule has 0 aliphatic rings. The largest absolute Gasteiger partial charge is 0.330 e. The lowest BCUT2D eigenvalue weighted by Gasteiger charge is -2.32. The zero-order valence-electron chi connectivity index (χ0n) is 20.5. The van der Waals surface area contributed by atoms with Crippen LogP contribution in [0.1, 0.15) is 40.6 Å². The van der Waals surface area contributed by atoms with Crippen molar-refractivity contribution in [3.05, 3.63) is 105 Å². The molecule has 0 saturated heterocycles. The molecule has 0 aliphatic heterocycles. The Morgan fingerprint density at radius 1 is 1.16 bits per heavy atom. The highest BCUT2D eigenvalue weighted by Crippen LogP contribution is 2.27. The standard InChI is InChI=1S/C29H28ClN5O2/c1-3-8-26(34(18-7-17-31)28(36)21-13-11-20(2)12-14-21)27-32-25-19-22(30)15-16-24(25)29(37)35(27)33-23-9-5-4-6-10-23/h1,4-6,9-16,19,26,33H,7-8,17-18,31H2,2H3. The second-order valence-corrected chi connectivity index (χ2v) is 9.12. The predicted molar refractivity (Wildman–Crippen MR) is 149 cm³/mol. The first-order valence-corrected chi connectivity index (χ1v) is 12.4. The van der Waals surface area contributed by atoms with Crippen LogP contribution < -0.4 is 16.7 Å². The van der Waals surface area contributed by atoms with Gasteiger partial charge in [-0.1, -0.05) is 47.5 Å². The molecule has 1 atom stereocenters. The Morgan fingerprint density at radius 3 is 2.57 bits per heavy atom. The lowest BCUT2D eigenvalue weighted by molar-refractivity contribution is 0.0666. The third kappa shape index (κ3) is 5.83. The van der Waals surface area contributed by atoms with E-state index in [1.807, 2.05) is 49.4 Å². The van der Waals surface area contributed by atoms with Gasteiger partial charge in [0.25, 0.3) is 11.5 Å². The molecular weight excluding hydrogens is 486 g/mol. The van der Waals surface area contributed by atoms with Gasteiger partial charge in [0.2, 0.25) is 0 Å². The minimum absolute atomic E-state index is 0.136. The monoisotopic (exact) mass is 513 g/mol. The number of hydrogen-bond acceptors (Lipinski definition) is 5. The number of rotatable bonds is 9.